The molecule has 0 aromatic carbocycles. The molecule has 17 heavy (non-hydrogen) atoms. The Hall–Kier alpha value is -1.62. The summed E-state index contributed by atoms with van der Waals surface area (Å²) in [7, 11) is 0. The van der Waals surface area contributed by atoms with Gasteiger partial charge in [-0.1, -0.05) is 12.8 Å². The van der Waals surface area contributed by atoms with Gasteiger partial charge >= 0.3 is 0 Å². The van der Waals surface area contributed by atoms with E-state index in [1.807, 2.05) is 12.3 Å². The van der Waals surface area contributed by atoms with Gasteiger partial charge in [0.2, 0.25) is 0 Å². The lowest BCUT2D eigenvalue weighted by Gasteiger charge is -2.28. The number of aromatic amines is 1. The third kappa shape index (κ3) is 1.98. The summed E-state index contributed by atoms with van der Waals surface area (Å²) in [4.78, 5) is 11.5. The molecule has 0 radical (unpaired) electrons. The number of H-pyrrole nitrogens is 1. The van der Waals surface area contributed by atoms with Crippen molar-refractivity contribution in [3.63, 3.8) is 0 Å². The fraction of sp³-hybridized carbons (Fsp3) is 0.500. The third-order valence-electron chi connectivity index (χ3n) is 3.41. The first-order valence-corrected chi connectivity index (χ1v) is 6.07. The van der Waals surface area contributed by atoms with Gasteiger partial charge in [-0.2, -0.15) is 0 Å². The highest BCUT2D eigenvalue weighted by Crippen LogP contribution is 2.24. The highest BCUT2D eigenvalue weighted by Gasteiger charge is 2.23. The lowest BCUT2D eigenvalue weighted by Crippen LogP contribution is -2.36. The summed E-state index contributed by atoms with van der Waals surface area (Å²) >= 11 is 0. The van der Waals surface area contributed by atoms with Crippen LogP contribution >= 0.6 is 0 Å². The Morgan fingerprint density at radius 2 is 2.18 bits per heavy atom. The van der Waals surface area contributed by atoms with Gasteiger partial charge in [-0.3, -0.25) is 0 Å². The van der Waals surface area contributed by atoms with E-state index in [0.717, 1.165) is 42.5 Å². The number of aromatic nitrogens is 3. The predicted octanol–water partition coefficient (Wildman–Crippen LogP) is 1.67. The average molecular weight is 232 g/mol. The molecule has 5 heteroatoms. The van der Waals surface area contributed by atoms with E-state index in [-0.39, 0.29) is 12.1 Å². The van der Waals surface area contributed by atoms with Gasteiger partial charge in [0.25, 0.3) is 0 Å². The molecule has 2 aromatic heterocycles. The molecule has 90 valence electrons. The first kappa shape index (κ1) is 10.5. The van der Waals surface area contributed by atoms with Crippen molar-refractivity contribution in [1.82, 2.24) is 15.0 Å². The van der Waals surface area contributed by atoms with Gasteiger partial charge in [-0.25, -0.2) is 9.97 Å². The second-order valence-corrected chi connectivity index (χ2v) is 4.56. The smallest absolute Gasteiger partial charge is 0.142 e. The van der Waals surface area contributed by atoms with Gasteiger partial charge in [0.15, 0.2) is 0 Å². The van der Waals surface area contributed by atoms with E-state index in [4.69, 9.17) is 0 Å². The number of anilines is 1. The van der Waals surface area contributed by atoms with Gasteiger partial charge in [0, 0.05) is 6.20 Å². The summed E-state index contributed by atoms with van der Waals surface area (Å²) in [6.45, 7) is 0. The molecule has 0 bridgehead atoms. The number of fused-ring (bicyclic) bond motifs is 1. The molecule has 2 aromatic rings. The van der Waals surface area contributed by atoms with Crippen molar-refractivity contribution < 1.29 is 5.11 Å². The quantitative estimate of drug-likeness (QED) is 0.736. The van der Waals surface area contributed by atoms with E-state index in [1.54, 1.807) is 0 Å². The normalized spacial score (nSPS) is 25.0. The lowest BCUT2D eigenvalue weighted by atomic mass is 9.92. The molecule has 1 aliphatic carbocycles. The first-order valence-electron chi connectivity index (χ1n) is 6.07. The molecule has 1 fully saturated rings. The van der Waals surface area contributed by atoms with Crippen molar-refractivity contribution in [1.29, 1.82) is 0 Å². The van der Waals surface area contributed by atoms with Crippen LogP contribution in [0.2, 0.25) is 0 Å². The van der Waals surface area contributed by atoms with Crippen molar-refractivity contribution in [3.8, 4) is 0 Å². The maximum absolute atomic E-state index is 9.94. The van der Waals surface area contributed by atoms with Crippen LogP contribution in [0.25, 0.3) is 11.0 Å². The van der Waals surface area contributed by atoms with E-state index in [1.165, 1.54) is 6.33 Å². The van der Waals surface area contributed by atoms with E-state index in [9.17, 15) is 5.11 Å². The summed E-state index contributed by atoms with van der Waals surface area (Å²) in [5, 5.41) is 14.3. The second kappa shape index (κ2) is 4.33. The van der Waals surface area contributed by atoms with Crippen LogP contribution in [0, 0.1) is 0 Å². The van der Waals surface area contributed by atoms with Gasteiger partial charge in [0.05, 0.1) is 17.5 Å². The highest BCUT2D eigenvalue weighted by atomic mass is 16.3. The van der Waals surface area contributed by atoms with E-state index >= 15 is 0 Å². The first-order chi connectivity index (χ1) is 8.34. The third-order valence-corrected chi connectivity index (χ3v) is 3.41. The molecule has 0 spiro atoms. The predicted molar refractivity (Wildman–Crippen MR) is 65.8 cm³/mol. The van der Waals surface area contributed by atoms with Crippen LogP contribution in [0.1, 0.15) is 25.7 Å². The van der Waals surface area contributed by atoms with E-state index < -0.39 is 0 Å². The average Bonchev–Trinajstić information content (AvgIpc) is 2.81. The van der Waals surface area contributed by atoms with Crippen LogP contribution in [-0.4, -0.2) is 32.2 Å². The highest BCUT2D eigenvalue weighted by molar-refractivity contribution is 5.86. The maximum Gasteiger partial charge on any atom is 0.142 e. The SMILES string of the molecule is O[C@H]1CCCC[C@H]1Nc1ncnc2[nH]ccc12. The van der Waals surface area contributed by atoms with Crippen molar-refractivity contribution in [2.75, 3.05) is 5.32 Å². The topological polar surface area (TPSA) is 73.8 Å². The van der Waals surface area contributed by atoms with Gasteiger partial charge in [-0.15, -0.1) is 0 Å². The Labute approximate surface area is 99.3 Å². The Morgan fingerprint density at radius 3 is 3.06 bits per heavy atom. The second-order valence-electron chi connectivity index (χ2n) is 4.56. The van der Waals surface area contributed by atoms with Crippen LogP contribution in [0.5, 0.6) is 0 Å². The Balaban J connectivity index is 1.86. The molecule has 1 saturated carbocycles. The minimum atomic E-state index is -0.271. The van der Waals surface area contributed by atoms with Crippen LogP contribution in [0.15, 0.2) is 18.6 Å². The lowest BCUT2D eigenvalue weighted by molar-refractivity contribution is 0.116. The van der Waals surface area contributed by atoms with Crippen LogP contribution < -0.4 is 5.32 Å². The standard InChI is InChI=1S/C12H16N4O/c17-10-4-2-1-3-9(10)16-12-8-5-6-13-11(8)14-7-15-12/h5-7,9-10,17H,1-4H2,(H2,13,14,15,16)/t9-,10+/m1/s1. The Bertz CT molecular complexity index is 510. The number of nitrogens with zero attached hydrogens (tertiary/aromatic N) is 2. The number of aliphatic hydroxyl groups is 1. The zero-order valence-corrected chi connectivity index (χ0v) is 9.56. The van der Waals surface area contributed by atoms with Crippen LogP contribution in [0.3, 0.4) is 0 Å². The monoisotopic (exact) mass is 232 g/mol. The van der Waals surface area contributed by atoms with Crippen LogP contribution in [0.4, 0.5) is 5.82 Å². The molecule has 0 saturated heterocycles. The largest absolute Gasteiger partial charge is 0.391 e. The van der Waals surface area contributed by atoms with Gasteiger partial charge in [-0.05, 0) is 18.9 Å². The molecule has 2 heterocycles. The molecule has 3 rings (SSSR count). The Kier molecular flexibility index (Phi) is 2.68. The summed E-state index contributed by atoms with van der Waals surface area (Å²) in [6, 6.07) is 2.06. The number of aliphatic hydroxyl groups excluding tert-OH is 1. The maximum atomic E-state index is 9.94. The molecular formula is C12H16N4O. The molecule has 5 nitrogen and oxygen atoms in total. The molecule has 0 amide bonds. The summed E-state index contributed by atoms with van der Waals surface area (Å²) in [6.07, 6.45) is 7.26. The fourth-order valence-electron chi connectivity index (χ4n) is 2.44. The van der Waals surface area contributed by atoms with Crippen molar-refractivity contribution in [3.05, 3.63) is 18.6 Å². The van der Waals surface area contributed by atoms with Crippen molar-refractivity contribution in [2.24, 2.45) is 0 Å². The van der Waals surface area contributed by atoms with Crippen molar-refractivity contribution in [2.45, 2.75) is 37.8 Å². The molecular weight excluding hydrogens is 216 g/mol. The minimum Gasteiger partial charge on any atom is -0.391 e. The summed E-state index contributed by atoms with van der Waals surface area (Å²) in [5.41, 5.74) is 0.827. The summed E-state index contributed by atoms with van der Waals surface area (Å²) < 4.78 is 0. The van der Waals surface area contributed by atoms with Gasteiger partial charge in [0.1, 0.15) is 17.8 Å². The minimum absolute atomic E-state index is 0.108. The van der Waals surface area contributed by atoms with E-state index in [0.29, 0.717) is 0 Å². The number of hydrogen-bond acceptors (Lipinski definition) is 4. The summed E-state index contributed by atoms with van der Waals surface area (Å²) in [5.74, 6) is 0.808. The molecule has 1 aliphatic rings. The number of hydrogen-bond donors (Lipinski definition) is 3. The molecule has 3 N–H and O–H groups in total. The molecule has 2 atom stereocenters. The number of rotatable bonds is 2. The fourth-order valence-corrected chi connectivity index (χ4v) is 2.44. The zero-order valence-electron chi connectivity index (χ0n) is 9.56. The van der Waals surface area contributed by atoms with E-state index in [2.05, 4.69) is 20.3 Å². The molecule has 0 unspecified atom stereocenters. The van der Waals surface area contributed by atoms with Crippen molar-refractivity contribution >= 4 is 16.9 Å². The molecule has 0 aliphatic heterocycles. The Morgan fingerprint density at radius 1 is 1.29 bits per heavy atom. The van der Waals surface area contributed by atoms with Gasteiger partial charge < -0.3 is 15.4 Å². The number of nitrogens with one attached hydrogen (secondary N) is 2. The van der Waals surface area contributed by atoms with Crippen LogP contribution in [-0.2, 0) is 0 Å². The zero-order chi connectivity index (χ0) is 11.7.